The van der Waals surface area contributed by atoms with Crippen molar-refractivity contribution < 1.29 is 23.1 Å². The van der Waals surface area contributed by atoms with E-state index in [1.165, 1.54) is 17.4 Å². The van der Waals surface area contributed by atoms with E-state index in [2.05, 4.69) is 11.6 Å². The van der Waals surface area contributed by atoms with Gasteiger partial charge in [-0.2, -0.15) is 0 Å². The van der Waals surface area contributed by atoms with Crippen LogP contribution in [-0.4, -0.2) is 57.6 Å². The van der Waals surface area contributed by atoms with Gasteiger partial charge in [-0.3, -0.25) is 9.59 Å². The fraction of sp³-hybridized carbons (Fsp3) is 0.476. The highest BCUT2D eigenvalue weighted by Gasteiger charge is 2.58. The molecular weight excluding hydrogens is 412 g/mol. The van der Waals surface area contributed by atoms with Gasteiger partial charge in [0.15, 0.2) is 10.6 Å². The Labute approximate surface area is 177 Å². The third kappa shape index (κ3) is 3.72. The molecule has 1 aromatic heterocycles. The Morgan fingerprint density at radius 1 is 1.33 bits per heavy atom. The lowest BCUT2D eigenvalue weighted by molar-refractivity contribution is -0.142. The highest BCUT2D eigenvalue weighted by Crippen LogP contribution is 2.44. The zero-order valence-electron chi connectivity index (χ0n) is 16.6. The molecule has 0 radical (unpaired) electrons. The van der Waals surface area contributed by atoms with E-state index in [4.69, 9.17) is 4.74 Å². The molecule has 160 valence electrons. The van der Waals surface area contributed by atoms with Gasteiger partial charge < -0.3 is 14.5 Å². The predicted molar refractivity (Wildman–Crippen MR) is 108 cm³/mol. The molecule has 1 aromatic rings. The molecule has 0 saturated carbocycles. The van der Waals surface area contributed by atoms with E-state index in [1.54, 1.807) is 21.4 Å². The molecule has 4 heterocycles. The number of ether oxygens (including phenoxy) is 1. The molecule has 3 fully saturated rings. The minimum Gasteiger partial charge on any atom is -0.342 e. The lowest BCUT2D eigenvalue weighted by atomic mass is 9.89. The van der Waals surface area contributed by atoms with Crippen molar-refractivity contribution in [3.05, 3.63) is 52.5 Å². The van der Waals surface area contributed by atoms with Crippen LogP contribution in [0.4, 0.5) is 8.78 Å². The number of nitrogens with zero attached hydrogens (tertiary/aromatic N) is 3. The lowest BCUT2D eigenvalue weighted by Crippen LogP contribution is -2.52. The van der Waals surface area contributed by atoms with Gasteiger partial charge in [-0.25, -0.2) is 13.8 Å². The van der Waals surface area contributed by atoms with Crippen molar-refractivity contribution in [1.82, 2.24) is 14.8 Å². The summed E-state index contributed by atoms with van der Waals surface area (Å²) in [6, 6.07) is -0.379. The first kappa shape index (κ1) is 20.9. The number of aromatic nitrogens is 1. The van der Waals surface area contributed by atoms with Gasteiger partial charge in [0.1, 0.15) is 12.1 Å². The van der Waals surface area contributed by atoms with Crippen LogP contribution in [0.15, 0.2) is 47.5 Å². The topological polar surface area (TPSA) is 62.7 Å². The van der Waals surface area contributed by atoms with E-state index in [0.29, 0.717) is 49.4 Å². The number of fused-ring (bicyclic) bond motifs is 1. The van der Waals surface area contributed by atoms with Crippen LogP contribution in [0.2, 0.25) is 0 Å². The monoisotopic (exact) mass is 435 g/mol. The first-order valence-corrected chi connectivity index (χ1v) is 10.8. The zero-order chi connectivity index (χ0) is 21.5. The molecule has 2 amide bonds. The predicted octanol–water partition coefficient (Wildman–Crippen LogP) is 3.75. The Balaban J connectivity index is 1.44. The summed E-state index contributed by atoms with van der Waals surface area (Å²) in [5.74, 6) is -1.64. The van der Waals surface area contributed by atoms with Crippen LogP contribution in [-0.2, 0) is 9.53 Å². The summed E-state index contributed by atoms with van der Waals surface area (Å²) in [5, 5.41) is 2.19. The number of halogens is 2. The van der Waals surface area contributed by atoms with Crippen LogP contribution in [0, 0.1) is 0 Å². The second-order valence-corrected chi connectivity index (χ2v) is 8.73. The molecule has 0 aliphatic carbocycles. The Morgan fingerprint density at radius 2 is 2.07 bits per heavy atom. The number of piperidine rings is 1. The highest BCUT2D eigenvalue weighted by atomic mass is 32.1. The number of rotatable bonds is 4. The lowest BCUT2D eigenvalue weighted by Gasteiger charge is -2.37. The number of allylic oxidation sites excluding steroid dienone is 3. The summed E-state index contributed by atoms with van der Waals surface area (Å²) in [6.07, 6.45) is 5.23. The number of carbonyl (C=O) groups is 2. The summed E-state index contributed by atoms with van der Waals surface area (Å²) in [6.45, 7) is 5.88. The van der Waals surface area contributed by atoms with Crippen molar-refractivity contribution in [2.24, 2.45) is 0 Å². The van der Waals surface area contributed by atoms with Crippen LogP contribution < -0.4 is 0 Å². The molecule has 9 heteroatoms. The van der Waals surface area contributed by atoms with E-state index < -0.39 is 17.3 Å². The molecule has 2 atom stereocenters. The number of amides is 2. The quantitative estimate of drug-likeness (QED) is 0.676. The zero-order valence-corrected chi connectivity index (χ0v) is 17.5. The minimum absolute atomic E-state index is 0.131. The van der Waals surface area contributed by atoms with Crippen molar-refractivity contribution in [3.63, 3.8) is 0 Å². The number of likely N-dealkylation sites (tertiary alicyclic amines) is 1. The maximum Gasteiger partial charge on any atom is 0.282 e. The number of hydrogen-bond acceptors (Lipinski definition) is 5. The van der Waals surface area contributed by atoms with Gasteiger partial charge in [0.25, 0.3) is 11.8 Å². The molecule has 3 saturated heterocycles. The molecule has 1 spiro atoms. The summed E-state index contributed by atoms with van der Waals surface area (Å²) >= 11 is 1.29. The minimum atomic E-state index is -0.957. The Hall–Kier alpha value is -2.39. The molecular formula is C21H23F2N3O3S. The van der Waals surface area contributed by atoms with Crippen molar-refractivity contribution in [2.45, 2.75) is 50.5 Å². The SMILES string of the molecule is C=C(/C=C(F)\C=C(/C)F)[C@@H]1CC[C@H]2OC3(CCN(C(=O)c4nccs4)CC3)C(=O)N21. The van der Waals surface area contributed by atoms with E-state index >= 15 is 0 Å². The molecule has 0 aromatic carbocycles. The maximum absolute atomic E-state index is 13.9. The molecule has 0 bridgehead atoms. The van der Waals surface area contributed by atoms with Gasteiger partial charge in [-0.1, -0.05) is 6.58 Å². The van der Waals surface area contributed by atoms with Crippen LogP contribution in [0.5, 0.6) is 0 Å². The van der Waals surface area contributed by atoms with Gasteiger partial charge in [0.05, 0.1) is 11.9 Å². The van der Waals surface area contributed by atoms with Crippen molar-refractivity contribution in [2.75, 3.05) is 13.1 Å². The van der Waals surface area contributed by atoms with E-state index in [-0.39, 0.29) is 24.1 Å². The standard InChI is InChI=1S/C21H23F2N3O3S/c1-13(11-15(23)12-14(2)22)16-3-4-17-26(16)20(28)21(29-17)5-8-25(9-6-21)19(27)18-24-7-10-30-18/h7,10-12,16-17H,1,3-6,8-9H2,2H3/b14-12+,15-11+/t16-,17+/m0/s1. The summed E-state index contributed by atoms with van der Waals surface area (Å²) in [5.41, 5.74) is -0.543. The van der Waals surface area contributed by atoms with Gasteiger partial charge in [-0.05, 0) is 31.4 Å². The summed E-state index contributed by atoms with van der Waals surface area (Å²) < 4.78 is 33.0. The van der Waals surface area contributed by atoms with Gasteiger partial charge in [0.2, 0.25) is 0 Å². The van der Waals surface area contributed by atoms with E-state index in [0.717, 1.165) is 13.0 Å². The summed E-state index contributed by atoms with van der Waals surface area (Å²) in [4.78, 5) is 33.2. The van der Waals surface area contributed by atoms with Crippen molar-refractivity contribution in [1.29, 1.82) is 0 Å². The van der Waals surface area contributed by atoms with Crippen LogP contribution in [0.25, 0.3) is 0 Å². The average molecular weight is 435 g/mol. The van der Waals surface area contributed by atoms with Gasteiger partial charge in [0, 0.05) is 43.6 Å². The average Bonchev–Trinajstić information content (AvgIpc) is 3.41. The molecule has 0 unspecified atom stereocenters. The Morgan fingerprint density at radius 3 is 2.70 bits per heavy atom. The third-order valence-electron chi connectivity index (χ3n) is 5.88. The summed E-state index contributed by atoms with van der Waals surface area (Å²) in [7, 11) is 0. The third-order valence-corrected chi connectivity index (χ3v) is 6.64. The fourth-order valence-corrected chi connectivity index (χ4v) is 5.05. The fourth-order valence-electron chi connectivity index (χ4n) is 4.45. The largest absolute Gasteiger partial charge is 0.342 e. The molecule has 0 N–H and O–H groups in total. The van der Waals surface area contributed by atoms with Crippen molar-refractivity contribution in [3.8, 4) is 0 Å². The van der Waals surface area contributed by atoms with Gasteiger partial charge in [-0.15, -0.1) is 11.3 Å². The normalized spacial score (nSPS) is 26.4. The van der Waals surface area contributed by atoms with Crippen LogP contribution in [0.1, 0.15) is 42.4 Å². The second-order valence-electron chi connectivity index (χ2n) is 7.84. The number of hydrogen-bond donors (Lipinski definition) is 0. The Bertz CT molecular complexity index is 916. The first-order chi connectivity index (χ1) is 14.3. The van der Waals surface area contributed by atoms with E-state index in [1.807, 2.05) is 0 Å². The Kier molecular flexibility index (Phi) is 5.59. The molecule has 3 aliphatic rings. The molecule has 3 aliphatic heterocycles. The number of carbonyl (C=O) groups excluding carboxylic acids is 2. The smallest absolute Gasteiger partial charge is 0.282 e. The first-order valence-electron chi connectivity index (χ1n) is 9.90. The molecule has 4 rings (SSSR count). The van der Waals surface area contributed by atoms with Crippen molar-refractivity contribution >= 4 is 23.2 Å². The second kappa shape index (κ2) is 8.03. The van der Waals surface area contributed by atoms with Crippen LogP contribution in [0.3, 0.4) is 0 Å². The highest BCUT2D eigenvalue weighted by molar-refractivity contribution is 7.11. The van der Waals surface area contributed by atoms with Gasteiger partial charge >= 0.3 is 0 Å². The maximum atomic E-state index is 13.9. The van der Waals surface area contributed by atoms with Crippen LogP contribution >= 0.6 is 11.3 Å². The molecule has 30 heavy (non-hydrogen) atoms. The number of thiazole rings is 1. The van der Waals surface area contributed by atoms with E-state index in [9.17, 15) is 18.4 Å². The molecule has 6 nitrogen and oxygen atoms in total.